The van der Waals surface area contributed by atoms with E-state index in [-0.39, 0.29) is 6.03 Å². The van der Waals surface area contributed by atoms with Crippen molar-refractivity contribution in [3.63, 3.8) is 0 Å². The monoisotopic (exact) mass is 404 g/mol. The molecule has 2 aromatic carbocycles. The van der Waals surface area contributed by atoms with Crippen LogP contribution in [0.4, 0.5) is 4.79 Å². The zero-order valence-electron chi connectivity index (χ0n) is 17.3. The Morgan fingerprint density at radius 1 is 1.13 bits per heavy atom. The third-order valence-corrected chi connectivity index (χ3v) is 5.18. The minimum absolute atomic E-state index is 0.137. The number of urea groups is 1. The van der Waals surface area contributed by atoms with Crippen LogP contribution >= 0.6 is 0 Å². The lowest BCUT2D eigenvalue weighted by Gasteiger charge is -2.35. The molecular formula is C23H24N4O3. The maximum absolute atomic E-state index is 12.8. The molecule has 2 amide bonds. The van der Waals surface area contributed by atoms with Crippen molar-refractivity contribution in [3.8, 4) is 17.1 Å². The molecule has 7 heteroatoms. The van der Waals surface area contributed by atoms with Crippen LogP contribution in [0.1, 0.15) is 37.8 Å². The Morgan fingerprint density at radius 2 is 1.87 bits per heavy atom. The van der Waals surface area contributed by atoms with Crippen molar-refractivity contribution in [2.75, 3.05) is 13.7 Å². The van der Waals surface area contributed by atoms with Gasteiger partial charge >= 0.3 is 6.03 Å². The van der Waals surface area contributed by atoms with Crippen molar-refractivity contribution in [1.82, 2.24) is 20.4 Å². The van der Waals surface area contributed by atoms with Crippen LogP contribution in [0, 0.1) is 0 Å². The zero-order valence-corrected chi connectivity index (χ0v) is 17.3. The van der Waals surface area contributed by atoms with Crippen molar-refractivity contribution in [2.24, 2.45) is 0 Å². The van der Waals surface area contributed by atoms with E-state index in [9.17, 15) is 4.79 Å². The van der Waals surface area contributed by atoms with Crippen LogP contribution in [-0.2, 0) is 0 Å². The number of hydrogen-bond acceptors (Lipinski definition) is 5. The van der Waals surface area contributed by atoms with Gasteiger partial charge in [-0.25, -0.2) is 4.79 Å². The van der Waals surface area contributed by atoms with Gasteiger partial charge in [0.2, 0.25) is 5.82 Å². The molecule has 1 aromatic heterocycles. The number of nitrogens with one attached hydrogen (secondary N) is 1. The lowest BCUT2D eigenvalue weighted by molar-refractivity contribution is 0.205. The van der Waals surface area contributed by atoms with Gasteiger partial charge in [0.05, 0.1) is 18.7 Å². The first-order valence-corrected chi connectivity index (χ1v) is 9.94. The van der Waals surface area contributed by atoms with Gasteiger partial charge in [-0.05, 0) is 31.0 Å². The number of benzene rings is 2. The first-order valence-electron chi connectivity index (χ1n) is 9.94. The molecule has 4 rings (SSSR count). The Labute approximate surface area is 175 Å². The number of allylic oxidation sites excluding steroid dienone is 1. The van der Waals surface area contributed by atoms with E-state index in [4.69, 9.17) is 9.26 Å². The standard InChI is InChI=1S/C23H24N4O3/c1-4-14-27-15(2)19(22-25-21(26-30-22)17-8-6-5-7-9-17)20(24-23(27)28)16-10-12-18(29-3)13-11-16/h5-13,20H,4,14H2,1-3H3,(H,24,28). The van der Waals surface area contributed by atoms with Gasteiger partial charge in [-0.15, -0.1) is 0 Å². The zero-order chi connectivity index (χ0) is 21.1. The molecule has 0 saturated carbocycles. The maximum Gasteiger partial charge on any atom is 0.322 e. The van der Waals surface area contributed by atoms with Crippen LogP contribution in [-0.4, -0.2) is 34.7 Å². The summed E-state index contributed by atoms with van der Waals surface area (Å²) in [7, 11) is 1.62. The summed E-state index contributed by atoms with van der Waals surface area (Å²) in [5, 5.41) is 7.26. The molecule has 3 aromatic rings. The van der Waals surface area contributed by atoms with E-state index in [1.165, 1.54) is 0 Å². The average Bonchev–Trinajstić information content (AvgIpc) is 3.26. The first kappa shape index (κ1) is 19.7. The maximum atomic E-state index is 12.8. The summed E-state index contributed by atoms with van der Waals surface area (Å²) in [4.78, 5) is 19.2. The van der Waals surface area contributed by atoms with Gasteiger partial charge in [-0.1, -0.05) is 54.5 Å². The highest BCUT2D eigenvalue weighted by molar-refractivity contribution is 5.86. The number of amides is 2. The van der Waals surface area contributed by atoms with E-state index in [2.05, 4.69) is 15.5 Å². The third-order valence-electron chi connectivity index (χ3n) is 5.18. The minimum Gasteiger partial charge on any atom is -0.497 e. The highest BCUT2D eigenvalue weighted by Gasteiger charge is 2.35. The molecule has 0 bridgehead atoms. The summed E-state index contributed by atoms with van der Waals surface area (Å²) in [5.41, 5.74) is 3.39. The lowest BCUT2D eigenvalue weighted by Crippen LogP contribution is -2.46. The Kier molecular flexibility index (Phi) is 5.52. The van der Waals surface area contributed by atoms with Crippen LogP contribution in [0.15, 0.2) is 64.8 Å². The van der Waals surface area contributed by atoms with Gasteiger partial charge in [-0.3, -0.25) is 4.90 Å². The minimum atomic E-state index is -0.402. The summed E-state index contributed by atoms with van der Waals surface area (Å²) in [5.74, 6) is 1.66. The number of nitrogens with zero attached hydrogens (tertiary/aromatic N) is 3. The summed E-state index contributed by atoms with van der Waals surface area (Å²) >= 11 is 0. The van der Waals surface area contributed by atoms with Crippen LogP contribution in [0.5, 0.6) is 5.75 Å². The summed E-state index contributed by atoms with van der Waals surface area (Å²) in [6.07, 6.45) is 0.838. The molecule has 7 nitrogen and oxygen atoms in total. The molecule has 0 aliphatic carbocycles. The molecular weight excluding hydrogens is 380 g/mol. The van der Waals surface area contributed by atoms with Crippen molar-refractivity contribution < 1.29 is 14.1 Å². The molecule has 0 spiro atoms. The second-order valence-electron chi connectivity index (χ2n) is 7.10. The predicted octanol–water partition coefficient (Wildman–Crippen LogP) is 4.65. The number of carbonyl (C=O) groups is 1. The fourth-order valence-electron chi connectivity index (χ4n) is 3.63. The number of rotatable bonds is 6. The van der Waals surface area contributed by atoms with E-state index in [1.54, 1.807) is 12.0 Å². The van der Waals surface area contributed by atoms with Gasteiger partial charge in [0, 0.05) is 17.8 Å². The van der Waals surface area contributed by atoms with Gasteiger partial charge in [0.25, 0.3) is 5.89 Å². The second kappa shape index (κ2) is 8.41. The third kappa shape index (κ3) is 3.66. The number of aromatic nitrogens is 2. The molecule has 30 heavy (non-hydrogen) atoms. The Balaban J connectivity index is 1.80. The SMILES string of the molecule is CCCN1C(=O)NC(c2ccc(OC)cc2)C(c2nc(-c3ccccc3)no2)=C1C. The fraction of sp³-hybridized carbons (Fsp3) is 0.261. The topological polar surface area (TPSA) is 80.5 Å². The number of ether oxygens (including phenoxy) is 1. The van der Waals surface area contributed by atoms with Crippen LogP contribution in [0.2, 0.25) is 0 Å². The molecule has 1 aliphatic rings. The molecule has 154 valence electrons. The van der Waals surface area contributed by atoms with Crippen LogP contribution in [0.3, 0.4) is 0 Å². The second-order valence-corrected chi connectivity index (χ2v) is 7.10. The van der Waals surface area contributed by atoms with Crippen molar-refractivity contribution in [2.45, 2.75) is 26.3 Å². The van der Waals surface area contributed by atoms with E-state index >= 15 is 0 Å². The van der Waals surface area contributed by atoms with Crippen LogP contribution < -0.4 is 10.1 Å². The fourth-order valence-corrected chi connectivity index (χ4v) is 3.63. The predicted molar refractivity (Wildman–Crippen MR) is 114 cm³/mol. The number of hydrogen-bond donors (Lipinski definition) is 1. The van der Waals surface area contributed by atoms with E-state index in [1.807, 2.05) is 68.4 Å². The molecule has 1 N–H and O–H groups in total. The Morgan fingerprint density at radius 3 is 2.53 bits per heavy atom. The number of methoxy groups -OCH3 is 1. The lowest BCUT2D eigenvalue weighted by atomic mass is 9.94. The number of carbonyl (C=O) groups excluding carboxylic acids is 1. The van der Waals surface area contributed by atoms with Gasteiger partial charge < -0.3 is 14.6 Å². The summed E-state index contributed by atoms with van der Waals surface area (Å²) < 4.78 is 10.9. The first-order chi connectivity index (χ1) is 14.6. The van der Waals surface area contributed by atoms with Crippen LogP contribution in [0.25, 0.3) is 17.0 Å². The van der Waals surface area contributed by atoms with Crippen molar-refractivity contribution >= 4 is 11.6 Å². The normalized spacial score (nSPS) is 16.6. The Bertz CT molecular complexity index is 1060. The summed E-state index contributed by atoms with van der Waals surface area (Å²) in [6.45, 7) is 4.57. The van der Waals surface area contributed by atoms with E-state index < -0.39 is 6.04 Å². The van der Waals surface area contributed by atoms with Crippen molar-refractivity contribution in [1.29, 1.82) is 0 Å². The largest absolute Gasteiger partial charge is 0.497 e. The molecule has 1 atom stereocenters. The quantitative estimate of drug-likeness (QED) is 0.647. The van der Waals surface area contributed by atoms with Gasteiger partial charge in [0.1, 0.15) is 5.75 Å². The molecule has 0 saturated heterocycles. The molecule has 0 fully saturated rings. The smallest absolute Gasteiger partial charge is 0.322 e. The van der Waals surface area contributed by atoms with Crippen molar-refractivity contribution in [3.05, 3.63) is 71.7 Å². The molecule has 0 radical (unpaired) electrons. The Hall–Kier alpha value is -3.61. The molecule has 2 heterocycles. The summed E-state index contributed by atoms with van der Waals surface area (Å²) in [6, 6.07) is 16.7. The molecule has 1 aliphatic heterocycles. The van der Waals surface area contributed by atoms with E-state index in [0.717, 1.165) is 34.6 Å². The highest BCUT2D eigenvalue weighted by atomic mass is 16.5. The highest BCUT2D eigenvalue weighted by Crippen LogP contribution is 2.37. The molecule has 1 unspecified atom stereocenters. The van der Waals surface area contributed by atoms with E-state index in [0.29, 0.717) is 18.3 Å². The van der Waals surface area contributed by atoms with Gasteiger partial charge in [0.15, 0.2) is 0 Å². The van der Waals surface area contributed by atoms with Gasteiger partial charge in [-0.2, -0.15) is 4.98 Å². The average molecular weight is 404 g/mol.